The Hall–Kier alpha value is -1.30. The van der Waals surface area contributed by atoms with Gasteiger partial charge in [-0.2, -0.15) is 0 Å². The number of alkyl carbamates (subject to hydrolysis) is 1. The summed E-state index contributed by atoms with van der Waals surface area (Å²) in [4.78, 5) is 22.0. The van der Waals surface area contributed by atoms with Crippen molar-refractivity contribution in [3.63, 3.8) is 0 Å². The molecule has 0 bridgehead atoms. The largest absolute Gasteiger partial charge is 0.480 e. The maximum atomic E-state index is 11.2. The smallest absolute Gasteiger partial charge is 0.407 e. The van der Waals surface area contributed by atoms with Crippen LogP contribution in [0.25, 0.3) is 0 Å². The minimum atomic E-state index is -1.15. The second-order valence-electron chi connectivity index (χ2n) is 3.52. The lowest BCUT2D eigenvalue weighted by Gasteiger charge is -2.19. The minimum Gasteiger partial charge on any atom is -0.480 e. The quantitative estimate of drug-likeness (QED) is 0.561. The summed E-state index contributed by atoms with van der Waals surface area (Å²) < 4.78 is 4.79. The normalized spacial score (nSPS) is 13.9. The molecule has 16 heavy (non-hydrogen) atoms. The van der Waals surface area contributed by atoms with E-state index in [1.165, 1.54) is 0 Å². The number of rotatable bonds is 7. The van der Waals surface area contributed by atoms with E-state index in [1.807, 2.05) is 6.92 Å². The predicted octanol–water partition coefficient (Wildman–Crippen LogP) is 0.703. The Balaban J connectivity index is 4.09. The van der Waals surface area contributed by atoms with Gasteiger partial charge < -0.3 is 20.9 Å². The number of aliphatic carboxylic acids is 1. The molecule has 4 N–H and O–H groups in total. The van der Waals surface area contributed by atoms with Crippen molar-refractivity contribution in [3.05, 3.63) is 0 Å². The highest BCUT2D eigenvalue weighted by atomic mass is 16.5. The molecule has 0 fully saturated rings. The highest BCUT2D eigenvalue weighted by Gasteiger charge is 2.26. The van der Waals surface area contributed by atoms with Gasteiger partial charge >= 0.3 is 12.1 Å². The molecule has 0 saturated carbocycles. The SMILES string of the molecule is CCCCOC(=O)N[C@H](C(=O)O)C(N)CC. The summed E-state index contributed by atoms with van der Waals surface area (Å²) in [7, 11) is 0. The molecule has 0 saturated heterocycles. The van der Waals surface area contributed by atoms with Gasteiger partial charge in [-0.1, -0.05) is 20.3 Å². The number of unbranched alkanes of at least 4 members (excludes halogenated alkanes) is 1. The zero-order valence-electron chi connectivity index (χ0n) is 9.73. The Labute approximate surface area is 95.1 Å². The van der Waals surface area contributed by atoms with E-state index in [1.54, 1.807) is 6.92 Å². The van der Waals surface area contributed by atoms with Gasteiger partial charge in [-0.25, -0.2) is 9.59 Å². The van der Waals surface area contributed by atoms with Gasteiger partial charge in [0.1, 0.15) is 6.04 Å². The summed E-state index contributed by atoms with van der Waals surface area (Å²) in [6, 6.07) is -1.71. The third-order valence-electron chi connectivity index (χ3n) is 2.17. The van der Waals surface area contributed by atoms with Crippen LogP contribution >= 0.6 is 0 Å². The van der Waals surface area contributed by atoms with Gasteiger partial charge in [-0.3, -0.25) is 0 Å². The second-order valence-corrected chi connectivity index (χ2v) is 3.52. The van der Waals surface area contributed by atoms with Crippen molar-refractivity contribution >= 4 is 12.1 Å². The van der Waals surface area contributed by atoms with Crippen molar-refractivity contribution in [2.45, 2.75) is 45.2 Å². The Morgan fingerprint density at radius 1 is 1.44 bits per heavy atom. The van der Waals surface area contributed by atoms with E-state index in [4.69, 9.17) is 15.6 Å². The van der Waals surface area contributed by atoms with Crippen molar-refractivity contribution < 1.29 is 19.4 Å². The van der Waals surface area contributed by atoms with Crippen LogP contribution in [-0.2, 0) is 9.53 Å². The number of amides is 1. The van der Waals surface area contributed by atoms with E-state index in [9.17, 15) is 9.59 Å². The molecule has 0 rings (SSSR count). The average molecular weight is 232 g/mol. The molecule has 1 unspecified atom stereocenters. The third-order valence-corrected chi connectivity index (χ3v) is 2.17. The summed E-state index contributed by atoms with van der Waals surface area (Å²) >= 11 is 0. The number of carboxylic acid groups (broad SMARTS) is 1. The molecule has 6 nitrogen and oxygen atoms in total. The highest BCUT2D eigenvalue weighted by molar-refractivity contribution is 5.80. The maximum Gasteiger partial charge on any atom is 0.407 e. The summed E-state index contributed by atoms with van der Waals surface area (Å²) in [5.41, 5.74) is 5.57. The van der Waals surface area contributed by atoms with Gasteiger partial charge in [0.2, 0.25) is 0 Å². The monoisotopic (exact) mass is 232 g/mol. The molecule has 0 spiro atoms. The molecule has 0 aromatic rings. The molecule has 0 aromatic carbocycles. The Morgan fingerprint density at radius 3 is 2.50 bits per heavy atom. The highest BCUT2D eigenvalue weighted by Crippen LogP contribution is 1.97. The van der Waals surface area contributed by atoms with Crippen LogP contribution in [0.4, 0.5) is 4.79 Å². The van der Waals surface area contributed by atoms with Crippen LogP contribution in [0.2, 0.25) is 0 Å². The van der Waals surface area contributed by atoms with Crippen LogP contribution in [0.3, 0.4) is 0 Å². The molecule has 0 aromatic heterocycles. The Morgan fingerprint density at radius 2 is 2.06 bits per heavy atom. The maximum absolute atomic E-state index is 11.2. The van der Waals surface area contributed by atoms with Gasteiger partial charge in [0, 0.05) is 6.04 Å². The fourth-order valence-corrected chi connectivity index (χ4v) is 1.07. The number of ether oxygens (including phenoxy) is 1. The number of carbonyl (C=O) groups excluding carboxylic acids is 1. The van der Waals surface area contributed by atoms with Crippen molar-refractivity contribution in [1.82, 2.24) is 5.32 Å². The standard InChI is InChI=1S/C10H20N2O4/c1-3-5-6-16-10(15)12-8(9(13)14)7(11)4-2/h7-8H,3-6,11H2,1-2H3,(H,12,15)(H,13,14)/t7?,8-/m0/s1. The number of carboxylic acids is 1. The van der Waals surface area contributed by atoms with Crippen molar-refractivity contribution in [2.24, 2.45) is 5.73 Å². The molecule has 6 heteroatoms. The lowest BCUT2D eigenvalue weighted by molar-refractivity contribution is -0.139. The minimum absolute atomic E-state index is 0.288. The van der Waals surface area contributed by atoms with Crippen molar-refractivity contribution in [3.8, 4) is 0 Å². The van der Waals surface area contributed by atoms with Crippen molar-refractivity contribution in [2.75, 3.05) is 6.61 Å². The summed E-state index contributed by atoms with van der Waals surface area (Å²) in [6.07, 6.45) is 1.39. The van der Waals surface area contributed by atoms with Crippen LogP contribution in [0, 0.1) is 0 Å². The number of hydrogen-bond donors (Lipinski definition) is 3. The Kier molecular flexibility index (Phi) is 7.28. The first-order valence-electron chi connectivity index (χ1n) is 5.44. The zero-order chi connectivity index (χ0) is 12.6. The van der Waals surface area contributed by atoms with Crippen molar-refractivity contribution in [1.29, 1.82) is 0 Å². The van der Waals surface area contributed by atoms with Crippen LogP contribution in [0.5, 0.6) is 0 Å². The third kappa shape index (κ3) is 5.55. The molecule has 0 aliphatic rings. The lowest BCUT2D eigenvalue weighted by Crippen LogP contribution is -2.52. The van der Waals surface area contributed by atoms with E-state index in [2.05, 4.69) is 5.32 Å². The Bertz CT molecular complexity index is 233. The molecular weight excluding hydrogens is 212 g/mol. The van der Waals surface area contributed by atoms with Crippen LogP contribution in [-0.4, -0.2) is 35.9 Å². The van der Waals surface area contributed by atoms with Gasteiger partial charge in [0.05, 0.1) is 6.61 Å². The molecule has 0 radical (unpaired) electrons. The topological polar surface area (TPSA) is 102 Å². The first-order valence-corrected chi connectivity index (χ1v) is 5.44. The average Bonchev–Trinajstić information content (AvgIpc) is 2.25. The molecule has 0 aliphatic heterocycles. The second kappa shape index (κ2) is 7.92. The van der Waals surface area contributed by atoms with E-state index >= 15 is 0 Å². The molecule has 1 amide bonds. The van der Waals surface area contributed by atoms with Gasteiger partial charge in [0.15, 0.2) is 0 Å². The number of nitrogens with two attached hydrogens (primary N) is 1. The van der Waals surface area contributed by atoms with Crippen LogP contribution in [0.15, 0.2) is 0 Å². The van der Waals surface area contributed by atoms with E-state index in [0.29, 0.717) is 6.42 Å². The predicted molar refractivity (Wildman–Crippen MR) is 59.1 cm³/mol. The van der Waals surface area contributed by atoms with Gasteiger partial charge in [0.25, 0.3) is 0 Å². The van der Waals surface area contributed by atoms with Gasteiger partial charge in [-0.15, -0.1) is 0 Å². The fourth-order valence-electron chi connectivity index (χ4n) is 1.07. The summed E-state index contributed by atoms with van der Waals surface area (Å²) in [5, 5.41) is 11.1. The summed E-state index contributed by atoms with van der Waals surface area (Å²) in [6.45, 7) is 4.01. The fraction of sp³-hybridized carbons (Fsp3) is 0.800. The van der Waals surface area contributed by atoms with E-state index in [0.717, 1.165) is 12.8 Å². The first kappa shape index (κ1) is 14.7. The molecule has 0 heterocycles. The lowest BCUT2D eigenvalue weighted by atomic mass is 10.1. The van der Waals surface area contributed by atoms with Crippen LogP contribution < -0.4 is 11.1 Å². The molecule has 94 valence electrons. The number of carbonyl (C=O) groups is 2. The van der Waals surface area contributed by atoms with E-state index in [-0.39, 0.29) is 6.61 Å². The van der Waals surface area contributed by atoms with E-state index < -0.39 is 24.1 Å². The van der Waals surface area contributed by atoms with Gasteiger partial charge in [-0.05, 0) is 12.8 Å². The first-order chi connectivity index (χ1) is 7.52. The zero-order valence-corrected chi connectivity index (χ0v) is 9.73. The molecule has 2 atom stereocenters. The summed E-state index contributed by atoms with van der Waals surface area (Å²) in [5.74, 6) is -1.15. The number of nitrogens with one attached hydrogen (secondary N) is 1. The molecular formula is C10H20N2O4. The number of hydrogen-bond acceptors (Lipinski definition) is 4. The van der Waals surface area contributed by atoms with Crippen LogP contribution in [0.1, 0.15) is 33.1 Å². The molecule has 0 aliphatic carbocycles.